The number of rotatable bonds is 4. The molecular formula is C17H14Cl2FNO3. The molecule has 0 bridgehead atoms. The Morgan fingerprint density at radius 3 is 2.38 bits per heavy atom. The van der Waals surface area contributed by atoms with Gasteiger partial charge in [0.1, 0.15) is 5.82 Å². The molecule has 2 rings (SSSR count). The molecule has 0 aliphatic rings. The van der Waals surface area contributed by atoms with Gasteiger partial charge in [0, 0.05) is 5.69 Å². The van der Waals surface area contributed by atoms with E-state index < -0.39 is 24.3 Å². The first kappa shape index (κ1) is 18.2. The molecule has 1 N–H and O–H groups in total. The molecule has 7 heteroatoms. The maximum atomic E-state index is 13.4. The summed E-state index contributed by atoms with van der Waals surface area (Å²) in [6.07, 6.45) is 0. The SMILES string of the molecule is Cc1cccc(C)c1NC(=O)COC(=O)c1cc(F)c(Cl)cc1Cl. The molecule has 2 aromatic carbocycles. The van der Waals surface area contributed by atoms with Gasteiger partial charge in [0.2, 0.25) is 0 Å². The maximum Gasteiger partial charge on any atom is 0.340 e. The Morgan fingerprint density at radius 1 is 1.12 bits per heavy atom. The molecule has 0 aromatic heterocycles. The smallest absolute Gasteiger partial charge is 0.340 e. The predicted molar refractivity (Wildman–Crippen MR) is 91.2 cm³/mol. The van der Waals surface area contributed by atoms with E-state index >= 15 is 0 Å². The van der Waals surface area contributed by atoms with Crippen LogP contribution in [-0.4, -0.2) is 18.5 Å². The standard InChI is InChI=1S/C17H14Cl2FNO3/c1-9-4-3-5-10(2)16(9)21-15(22)8-24-17(23)11-6-14(20)13(19)7-12(11)18/h3-7H,8H2,1-2H3,(H,21,22). The van der Waals surface area contributed by atoms with E-state index in [0.717, 1.165) is 23.3 Å². The number of amides is 1. The molecule has 0 saturated carbocycles. The molecule has 0 unspecified atom stereocenters. The number of nitrogens with one attached hydrogen (secondary N) is 1. The van der Waals surface area contributed by atoms with Crippen molar-refractivity contribution in [1.29, 1.82) is 0 Å². The summed E-state index contributed by atoms with van der Waals surface area (Å²) >= 11 is 11.4. The third-order valence-corrected chi connectivity index (χ3v) is 3.91. The Morgan fingerprint density at radius 2 is 1.75 bits per heavy atom. The highest BCUT2D eigenvalue weighted by molar-refractivity contribution is 6.36. The number of hydrogen-bond acceptors (Lipinski definition) is 3. The first-order valence-corrected chi connectivity index (χ1v) is 7.73. The number of benzene rings is 2. The summed E-state index contributed by atoms with van der Waals surface area (Å²) in [7, 11) is 0. The second kappa shape index (κ2) is 7.64. The summed E-state index contributed by atoms with van der Waals surface area (Å²) < 4.78 is 18.3. The molecule has 0 saturated heterocycles. The number of esters is 1. The van der Waals surface area contributed by atoms with Crippen LogP contribution >= 0.6 is 23.2 Å². The van der Waals surface area contributed by atoms with Crippen molar-refractivity contribution >= 4 is 40.8 Å². The van der Waals surface area contributed by atoms with Crippen molar-refractivity contribution in [3.05, 3.63) is 62.9 Å². The van der Waals surface area contributed by atoms with Gasteiger partial charge in [0.05, 0.1) is 15.6 Å². The first-order valence-electron chi connectivity index (χ1n) is 6.97. The van der Waals surface area contributed by atoms with E-state index in [1.54, 1.807) is 0 Å². The molecule has 2 aromatic rings. The van der Waals surface area contributed by atoms with Crippen LogP contribution in [0, 0.1) is 19.7 Å². The van der Waals surface area contributed by atoms with Gasteiger partial charge < -0.3 is 10.1 Å². The van der Waals surface area contributed by atoms with E-state index in [1.165, 1.54) is 0 Å². The molecular weight excluding hydrogens is 356 g/mol. The number of halogens is 3. The molecule has 24 heavy (non-hydrogen) atoms. The van der Waals surface area contributed by atoms with Crippen molar-refractivity contribution in [3.63, 3.8) is 0 Å². The molecule has 4 nitrogen and oxygen atoms in total. The summed E-state index contributed by atoms with van der Waals surface area (Å²) in [5.74, 6) is -2.22. The van der Waals surface area contributed by atoms with E-state index in [0.29, 0.717) is 5.69 Å². The van der Waals surface area contributed by atoms with Crippen LogP contribution in [0.1, 0.15) is 21.5 Å². The molecule has 0 aliphatic carbocycles. The highest BCUT2D eigenvalue weighted by Gasteiger charge is 2.17. The average molecular weight is 370 g/mol. The predicted octanol–water partition coefficient (Wildman–Crippen LogP) is 4.54. The largest absolute Gasteiger partial charge is 0.452 e. The van der Waals surface area contributed by atoms with Crippen LogP contribution in [0.5, 0.6) is 0 Å². The quantitative estimate of drug-likeness (QED) is 0.635. The van der Waals surface area contributed by atoms with E-state index in [1.807, 2.05) is 32.0 Å². The molecule has 126 valence electrons. The van der Waals surface area contributed by atoms with Crippen molar-refractivity contribution in [2.24, 2.45) is 0 Å². The summed E-state index contributed by atoms with van der Waals surface area (Å²) in [4.78, 5) is 23.9. The minimum absolute atomic E-state index is 0.0541. The molecule has 0 spiro atoms. The van der Waals surface area contributed by atoms with Gasteiger partial charge in [-0.1, -0.05) is 41.4 Å². The lowest BCUT2D eigenvalue weighted by atomic mass is 10.1. The van der Waals surface area contributed by atoms with Crippen LogP contribution < -0.4 is 5.32 Å². The summed E-state index contributed by atoms with van der Waals surface area (Å²) in [6.45, 7) is 3.18. The Labute approximate surface area is 148 Å². The second-order valence-corrected chi connectivity index (χ2v) is 5.95. The third-order valence-electron chi connectivity index (χ3n) is 3.31. The fraction of sp³-hybridized carbons (Fsp3) is 0.176. The van der Waals surface area contributed by atoms with Crippen molar-refractivity contribution in [1.82, 2.24) is 0 Å². The number of anilines is 1. The minimum Gasteiger partial charge on any atom is -0.452 e. The average Bonchev–Trinajstić information content (AvgIpc) is 2.52. The van der Waals surface area contributed by atoms with E-state index in [9.17, 15) is 14.0 Å². The van der Waals surface area contributed by atoms with E-state index in [2.05, 4.69) is 5.32 Å². The zero-order chi connectivity index (χ0) is 17.9. The second-order valence-electron chi connectivity index (χ2n) is 5.14. The van der Waals surface area contributed by atoms with Crippen molar-refractivity contribution < 1.29 is 18.7 Å². The fourth-order valence-electron chi connectivity index (χ4n) is 2.07. The number of ether oxygens (including phenoxy) is 1. The highest BCUT2D eigenvalue weighted by atomic mass is 35.5. The monoisotopic (exact) mass is 369 g/mol. The van der Waals surface area contributed by atoms with Crippen LogP contribution in [0.25, 0.3) is 0 Å². The van der Waals surface area contributed by atoms with Crippen LogP contribution in [0.4, 0.5) is 10.1 Å². The molecule has 0 aliphatic heterocycles. The molecule has 0 fully saturated rings. The Kier molecular flexibility index (Phi) is 5.80. The highest BCUT2D eigenvalue weighted by Crippen LogP contribution is 2.25. The number of carbonyl (C=O) groups is 2. The lowest BCUT2D eigenvalue weighted by Gasteiger charge is -2.12. The van der Waals surface area contributed by atoms with Gasteiger partial charge in [-0.2, -0.15) is 0 Å². The number of hydrogen-bond donors (Lipinski definition) is 1. The molecule has 0 radical (unpaired) electrons. The van der Waals surface area contributed by atoms with Gasteiger partial charge in [-0.15, -0.1) is 0 Å². The van der Waals surface area contributed by atoms with Gasteiger partial charge in [-0.05, 0) is 37.1 Å². The summed E-state index contributed by atoms with van der Waals surface area (Å²) in [5.41, 5.74) is 2.24. The zero-order valence-electron chi connectivity index (χ0n) is 13.0. The summed E-state index contributed by atoms with van der Waals surface area (Å²) in [6, 6.07) is 7.55. The van der Waals surface area contributed by atoms with Crippen molar-refractivity contribution in [3.8, 4) is 0 Å². The van der Waals surface area contributed by atoms with Gasteiger partial charge >= 0.3 is 5.97 Å². The van der Waals surface area contributed by atoms with Gasteiger partial charge in [0.25, 0.3) is 5.91 Å². The number of aryl methyl sites for hydroxylation is 2. The van der Waals surface area contributed by atoms with Crippen LogP contribution in [0.15, 0.2) is 30.3 Å². The minimum atomic E-state index is -0.910. The number of carbonyl (C=O) groups excluding carboxylic acids is 2. The normalized spacial score (nSPS) is 10.4. The zero-order valence-corrected chi connectivity index (χ0v) is 14.5. The van der Waals surface area contributed by atoms with Crippen molar-refractivity contribution in [2.45, 2.75) is 13.8 Å². The van der Waals surface area contributed by atoms with E-state index in [-0.39, 0.29) is 15.6 Å². The van der Waals surface area contributed by atoms with Gasteiger partial charge in [0.15, 0.2) is 6.61 Å². The van der Waals surface area contributed by atoms with Crippen molar-refractivity contribution in [2.75, 3.05) is 11.9 Å². The lowest BCUT2D eigenvalue weighted by molar-refractivity contribution is -0.119. The molecule has 1 amide bonds. The Bertz CT molecular complexity index is 788. The van der Waals surface area contributed by atoms with Gasteiger partial charge in [-0.25, -0.2) is 9.18 Å². The fourth-order valence-corrected chi connectivity index (χ4v) is 2.54. The van der Waals surface area contributed by atoms with Crippen LogP contribution in [0.2, 0.25) is 10.0 Å². The maximum absolute atomic E-state index is 13.4. The summed E-state index contributed by atoms with van der Waals surface area (Å²) in [5, 5.41) is 2.42. The number of para-hydroxylation sites is 1. The van der Waals surface area contributed by atoms with Crippen LogP contribution in [0.3, 0.4) is 0 Å². The Hall–Kier alpha value is -2.11. The molecule has 0 heterocycles. The topological polar surface area (TPSA) is 55.4 Å². The van der Waals surface area contributed by atoms with Crippen LogP contribution in [-0.2, 0) is 9.53 Å². The van der Waals surface area contributed by atoms with E-state index in [4.69, 9.17) is 27.9 Å². The lowest BCUT2D eigenvalue weighted by Crippen LogP contribution is -2.22. The Balaban J connectivity index is 2.02. The van der Waals surface area contributed by atoms with Gasteiger partial charge in [-0.3, -0.25) is 4.79 Å². The molecule has 0 atom stereocenters. The third kappa shape index (κ3) is 4.24. The first-order chi connectivity index (χ1) is 11.3.